The van der Waals surface area contributed by atoms with Gasteiger partial charge in [0, 0.05) is 12.1 Å². The highest BCUT2D eigenvalue weighted by Gasteiger charge is 2.23. The number of ether oxygens (including phenoxy) is 1. The van der Waals surface area contributed by atoms with Gasteiger partial charge in [-0.2, -0.15) is 0 Å². The van der Waals surface area contributed by atoms with Gasteiger partial charge in [0.2, 0.25) is 0 Å². The second-order valence-corrected chi connectivity index (χ2v) is 7.50. The van der Waals surface area contributed by atoms with Crippen molar-refractivity contribution in [3.63, 3.8) is 0 Å². The Morgan fingerprint density at radius 2 is 1.76 bits per heavy atom. The Hall–Kier alpha value is -4.01. The number of benzene rings is 2. The van der Waals surface area contributed by atoms with Crippen LogP contribution in [-0.4, -0.2) is 31.6 Å². The van der Waals surface area contributed by atoms with E-state index < -0.39 is 17.4 Å². The van der Waals surface area contributed by atoms with E-state index in [1.54, 1.807) is 31.2 Å². The van der Waals surface area contributed by atoms with Crippen molar-refractivity contribution in [2.24, 2.45) is 5.73 Å². The Morgan fingerprint density at radius 3 is 2.36 bits per heavy atom. The second-order valence-electron chi connectivity index (χ2n) is 7.50. The summed E-state index contributed by atoms with van der Waals surface area (Å²) in [6, 6.07) is 12.6. The van der Waals surface area contributed by atoms with Crippen LogP contribution in [0.15, 0.2) is 53.3 Å². The molecule has 0 aliphatic carbocycles. The van der Waals surface area contributed by atoms with Crippen molar-refractivity contribution in [1.82, 2.24) is 19.1 Å². The Bertz CT molecular complexity index is 1360. The first-order valence-corrected chi connectivity index (χ1v) is 10.8. The third kappa shape index (κ3) is 4.21. The van der Waals surface area contributed by atoms with Crippen LogP contribution < -0.4 is 16.2 Å². The largest absolute Gasteiger partial charge is 0.494 e. The molecule has 9 heteroatoms. The number of fused-ring (bicyclic) bond motifs is 1. The van der Waals surface area contributed by atoms with E-state index in [0.29, 0.717) is 23.6 Å². The molecular formula is C24H24FN5O3. The third-order valence-electron chi connectivity index (χ3n) is 5.28. The zero-order valence-corrected chi connectivity index (χ0v) is 18.4. The summed E-state index contributed by atoms with van der Waals surface area (Å²) in [7, 11) is 0. The molecule has 0 aliphatic rings. The molecule has 2 N–H and O–H groups in total. The molecule has 2 aromatic heterocycles. The molecule has 0 fully saturated rings. The Kier molecular flexibility index (Phi) is 6.21. The standard InChI is InChI=1S/C24H24FN5O3/c1-3-5-14-33-18-12-6-15(7-13-18)22-27-19(21(26)31)20-23(28-22)30(24(32)29(20)4-2)17-10-8-16(25)9-11-17/h6-13H,3-5,14H2,1-2H3,(H2,26,31). The number of unbranched alkanes of at least 4 members (excludes halogenated alkanes) is 1. The number of carbonyl (C=O) groups excluding carboxylic acids is 1. The molecule has 0 saturated heterocycles. The number of hydrogen-bond acceptors (Lipinski definition) is 5. The molecule has 0 radical (unpaired) electrons. The topological polar surface area (TPSA) is 105 Å². The predicted molar refractivity (Wildman–Crippen MR) is 123 cm³/mol. The lowest BCUT2D eigenvalue weighted by atomic mass is 10.2. The number of halogens is 1. The summed E-state index contributed by atoms with van der Waals surface area (Å²) < 4.78 is 21.9. The molecule has 0 saturated carbocycles. The first-order valence-electron chi connectivity index (χ1n) is 10.8. The number of imidazole rings is 1. The molecule has 8 nitrogen and oxygen atoms in total. The van der Waals surface area contributed by atoms with Crippen LogP contribution in [0.4, 0.5) is 4.39 Å². The van der Waals surface area contributed by atoms with Gasteiger partial charge in [0.05, 0.1) is 12.3 Å². The summed E-state index contributed by atoms with van der Waals surface area (Å²) in [6.45, 7) is 4.76. The number of nitrogens with two attached hydrogens (primary N) is 1. The van der Waals surface area contributed by atoms with Gasteiger partial charge in [-0.3, -0.25) is 9.36 Å². The average molecular weight is 449 g/mol. The van der Waals surface area contributed by atoms with Crippen molar-refractivity contribution in [1.29, 1.82) is 0 Å². The molecule has 33 heavy (non-hydrogen) atoms. The highest BCUT2D eigenvalue weighted by molar-refractivity contribution is 6.02. The van der Waals surface area contributed by atoms with Crippen LogP contribution in [0, 0.1) is 5.82 Å². The zero-order chi connectivity index (χ0) is 23.5. The van der Waals surface area contributed by atoms with Gasteiger partial charge in [-0.05, 0) is 61.9 Å². The van der Waals surface area contributed by atoms with Crippen LogP contribution in [0.2, 0.25) is 0 Å². The van der Waals surface area contributed by atoms with Crippen molar-refractivity contribution in [2.75, 3.05) is 6.61 Å². The first kappa shape index (κ1) is 22.2. The van der Waals surface area contributed by atoms with E-state index in [9.17, 15) is 14.0 Å². The lowest BCUT2D eigenvalue weighted by Crippen LogP contribution is -2.23. The minimum absolute atomic E-state index is 0.0573. The molecule has 4 rings (SSSR count). The van der Waals surface area contributed by atoms with Crippen LogP contribution >= 0.6 is 0 Å². The van der Waals surface area contributed by atoms with E-state index in [2.05, 4.69) is 16.9 Å². The highest BCUT2D eigenvalue weighted by atomic mass is 19.1. The number of primary amides is 1. The monoisotopic (exact) mass is 449 g/mol. The van der Waals surface area contributed by atoms with Crippen LogP contribution in [0.5, 0.6) is 5.75 Å². The fourth-order valence-corrected chi connectivity index (χ4v) is 3.61. The van der Waals surface area contributed by atoms with Crippen LogP contribution in [0.1, 0.15) is 37.2 Å². The fraction of sp³-hybridized carbons (Fsp3) is 0.250. The van der Waals surface area contributed by atoms with Crippen molar-refractivity contribution < 1.29 is 13.9 Å². The van der Waals surface area contributed by atoms with E-state index in [1.807, 2.05) is 0 Å². The number of amides is 1. The molecule has 0 atom stereocenters. The van der Waals surface area contributed by atoms with E-state index in [-0.39, 0.29) is 29.2 Å². The number of rotatable bonds is 8. The maximum absolute atomic E-state index is 13.5. The van der Waals surface area contributed by atoms with Crippen LogP contribution in [-0.2, 0) is 6.54 Å². The quantitative estimate of drug-likeness (QED) is 0.413. The van der Waals surface area contributed by atoms with Crippen LogP contribution in [0.25, 0.3) is 28.2 Å². The smallest absolute Gasteiger partial charge is 0.335 e. The Labute approximate surface area is 189 Å². The van der Waals surface area contributed by atoms with E-state index in [0.717, 1.165) is 12.8 Å². The van der Waals surface area contributed by atoms with Crippen molar-refractivity contribution in [3.8, 4) is 22.8 Å². The Morgan fingerprint density at radius 1 is 1.06 bits per heavy atom. The number of hydrogen-bond donors (Lipinski definition) is 1. The molecule has 2 aromatic carbocycles. The Balaban J connectivity index is 1.91. The highest BCUT2D eigenvalue weighted by Crippen LogP contribution is 2.25. The zero-order valence-electron chi connectivity index (χ0n) is 18.4. The lowest BCUT2D eigenvalue weighted by Gasteiger charge is -2.09. The van der Waals surface area contributed by atoms with Gasteiger partial charge in [0.15, 0.2) is 17.2 Å². The molecule has 2 heterocycles. The van der Waals surface area contributed by atoms with E-state index in [1.165, 1.54) is 33.4 Å². The van der Waals surface area contributed by atoms with Crippen molar-refractivity contribution >= 4 is 17.1 Å². The molecule has 0 aliphatic heterocycles. The number of carbonyl (C=O) groups is 1. The predicted octanol–water partition coefficient (Wildman–Crippen LogP) is 3.69. The summed E-state index contributed by atoms with van der Waals surface area (Å²) in [5.74, 6) is -0.258. The van der Waals surface area contributed by atoms with Gasteiger partial charge in [-0.1, -0.05) is 13.3 Å². The summed E-state index contributed by atoms with van der Waals surface area (Å²) in [6.07, 6.45) is 1.99. The maximum atomic E-state index is 13.5. The summed E-state index contributed by atoms with van der Waals surface area (Å²) >= 11 is 0. The molecule has 1 amide bonds. The minimum Gasteiger partial charge on any atom is -0.494 e. The third-order valence-corrected chi connectivity index (χ3v) is 5.28. The number of aromatic nitrogens is 4. The van der Waals surface area contributed by atoms with E-state index >= 15 is 0 Å². The van der Waals surface area contributed by atoms with Gasteiger partial charge in [0.25, 0.3) is 5.91 Å². The minimum atomic E-state index is -0.776. The van der Waals surface area contributed by atoms with Gasteiger partial charge in [-0.25, -0.2) is 23.7 Å². The molecule has 0 bridgehead atoms. The second kappa shape index (κ2) is 9.23. The normalized spacial score (nSPS) is 11.1. The fourth-order valence-electron chi connectivity index (χ4n) is 3.61. The summed E-state index contributed by atoms with van der Waals surface area (Å²) in [5.41, 5.74) is 6.66. The summed E-state index contributed by atoms with van der Waals surface area (Å²) in [5, 5.41) is 0. The van der Waals surface area contributed by atoms with Gasteiger partial charge in [-0.15, -0.1) is 0 Å². The maximum Gasteiger partial charge on any atom is 0.335 e. The van der Waals surface area contributed by atoms with Crippen LogP contribution in [0.3, 0.4) is 0 Å². The molecule has 0 spiro atoms. The SMILES string of the molecule is CCCCOc1ccc(-c2nc(C(N)=O)c3c(n2)n(-c2ccc(F)cc2)c(=O)n3CC)cc1. The van der Waals surface area contributed by atoms with Gasteiger partial charge >= 0.3 is 5.69 Å². The van der Waals surface area contributed by atoms with Crippen molar-refractivity contribution in [3.05, 3.63) is 70.5 Å². The van der Waals surface area contributed by atoms with Gasteiger partial charge < -0.3 is 10.5 Å². The first-order chi connectivity index (χ1) is 15.9. The van der Waals surface area contributed by atoms with Crippen molar-refractivity contribution in [2.45, 2.75) is 33.2 Å². The lowest BCUT2D eigenvalue weighted by molar-refractivity contribution is 0.0997. The number of aryl methyl sites for hydroxylation is 1. The van der Waals surface area contributed by atoms with E-state index in [4.69, 9.17) is 10.5 Å². The average Bonchev–Trinajstić information content (AvgIpc) is 3.10. The number of nitrogens with zero attached hydrogens (tertiary/aromatic N) is 4. The summed E-state index contributed by atoms with van der Waals surface area (Å²) in [4.78, 5) is 34.5. The molecule has 4 aromatic rings. The molecule has 170 valence electrons. The molecular weight excluding hydrogens is 425 g/mol. The molecule has 0 unspecified atom stereocenters. The van der Waals surface area contributed by atoms with Gasteiger partial charge in [0.1, 0.15) is 17.1 Å².